The molecule has 4 amide bonds. The molecule has 0 saturated heterocycles. The number of halogens is 7. The van der Waals surface area contributed by atoms with E-state index in [4.69, 9.17) is 34.8 Å². The number of hydrogen-bond donors (Lipinski definition) is 4. The maximum atomic E-state index is 13.5. The molecule has 2 saturated carbocycles. The van der Waals surface area contributed by atoms with Crippen molar-refractivity contribution in [3.05, 3.63) is 140 Å². The lowest BCUT2D eigenvalue weighted by atomic mass is 9.75. The number of alkyl halides is 3. The van der Waals surface area contributed by atoms with E-state index in [-0.39, 0.29) is 78.7 Å². The van der Waals surface area contributed by atoms with Crippen molar-refractivity contribution < 1.29 is 36.7 Å². The molecule has 0 aliphatic heterocycles. The van der Waals surface area contributed by atoms with Gasteiger partial charge in [0.2, 0.25) is 23.6 Å². The molecule has 2 fully saturated rings. The Labute approximate surface area is 424 Å². The molecular formula is C53H65Cl3F4N6O4. The van der Waals surface area contributed by atoms with Crippen LogP contribution in [0.5, 0.6) is 0 Å². The van der Waals surface area contributed by atoms with Crippen LogP contribution < -0.4 is 21.3 Å². The smallest absolute Gasteiger partial charge is 0.353 e. The fraction of sp³-hybridized carbons (Fsp3) is 0.472. The largest absolute Gasteiger partial charge is 0.416 e. The quantitative estimate of drug-likeness (QED) is 0.0737. The molecular weight excluding hydrogens is 967 g/mol. The zero-order valence-corrected chi connectivity index (χ0v) is 42.6. The van der Waals surface area contributed by atoms with E-state index in [2.05, 4.69) is 71.4 Å². The normalized spacial score (nSPS) is 20.2. The number of nitrogens with one attached hydrogen (secondary N) is 4. The minimum Gasteiger partial charge on any atom is -0.353 e. The van der Waals surface area contributed by atoms with E-state index in [0.29, 0.717) is 22.7 Å². The van der Waals surface area contributed by atoms with Crippen molar-refractivity contribution in [3.8, 4) is 0 Å². The monoisotopic (exact) mass is 1030 g/mol. The van der Waals surface area contributed by atoms with Crippen molar-refractivity contribution in [2.24, 2.45) is 0 Å². The van der Waals surface area contributed by atoms with E-state index in [9.17, 15) is 36.7 Å². The van der Waals surface area contributed by atoms with Crippen molar-refractivity contribution in [1.82, 2.24) is 31.1 Å². The fourth-order valence-corrected chi connectivity index (χ4v) is 10.0. The Bertz CT molecular complexity index is 2390. The highest BCUT2D eigenvalue weighted by molar-refractivity contribution is 6.31. The predicted molar refractivity (Wildman–Crippen MR) is 269 cm³/mol. The molecule has 4 aromatic rings. The Morgan fingerprint density at radius 1 is 0.571 bits per heavy atom. The summed E-state index contributed by atoms with van der Waals surface area (Å²) in [6.07, 6.45) is 4.54. The molecule has 4 N–H and O–H groups in total. The summed E-state index contributed by atoms with van der Waals surface area (Å²) in [5.41, 5.74) is 2.17. The molecule has 0 bridgehead atoms. The Hall–Kier alpha value is -4.73. The van der Waals surface area contributed by atoms with Crippen LogP contribution in [0.2, 0.25) is 15.1 Å². The van der Waals surface area contributed by atoms with E-state index >= 15 is 0 Å². The van der Waals surface area contributed by atoms with Gasteiger partial charge in [0.15, 0.2) is 0 Å². The first-order chi connectivity index (χ1) is 33.1. The second kappa shape index (κ2) is 26.1. The lowest BCUT2D eigenvalue weighted by Crippen LogP contribution is -2.52. The first kappa shape index (κ1) is 56.2. The number of carbonyl (C=O) groups excluding carboxylic acids is 4. The Morgan fingerprint density at radius 3 is 1.44 bits per heavy atom. The third-order valence-corrected chi connectivity index (χ3v) is 14.5. The van der Waals surface area contributed by atoms with Crippen LogP contribution in [0.4, 0.5) is 17.6 Å². The van der Waals surface area contributed by atoms with Gasteiger partial charge >= 0.3 is 6.18 Å². The van der Waals surface area contributed by atoms with Crippen LogP contribution in [0.25, 0.3) is 0 Å². The summed E-state index contributed by atoms with van der Waals surface area (Å²) in [4.78, 5) is 53.7. The summed E-state index contributed by atoms with van der Waals surface area (Å²) in [6.45, 7) is 0.102. The van der Waals surface area contributed by atoms with Gasteiger partial charge in [-0.2, -0.15) is 13.2 Å². The number of amides is 4. The SMILES string of the molecule is CN(C)C1(Cc2cccc(Cl)c2)CCC(NC(=O)CCC(=O)NCc2cc(F)cc(C(F)(F)F)c2)CC1.CN(C)C1(Cc2cccc(Cl)c2)CCC(NC(=O)CCC(=O)NCc2ccccc2Cl)CC1. The average molecular weight is 1030 g/mol. The van der Waals surface area contributed by atoms with Crippen LogP contribution >= 0.6 is 34.8 Å². The molecule has 0 heterocycles. The molecule has 0 atom stereocenters. The summed E-state index contributed by atoms with van der Waals surface area (Å²) in [5, 5.41) is 13.5. The van der Waals surface area contributed by atoms with E-state index in [1.807, 2.05) is 54.6 Å². The molecule has 70 heavy (non-hydrogen) atoms. The minimum absolute atomic E-state index is 0.00511. The van der Waals surface area contributed by atoms with Crippen LogP contribution in [-0.4, -0.2) is 84.8 Å². The summed E-state index contributed by atoms with van der Waals surface area (Å²) in [7, 11) is 8.39. The summed E-state index contributed by atoms with van der Waals surface area (Å²) >= 11 is 18.4. The van der Waals surface area contributed by atoms with Gasteiger partial charge in [-0.1, -0.05) is 77.3 Å². The van der Waals surface area contributed by atoms with Gasteiger partial charge < -0.3 is 31.1 Å². The number of nitrogens with zero attached hydrogens (tertiary/aromatic N) is 2. The highest BCUT2D eigenvalue weighted by Gasteiger charge is 2.39. The van der Waals surface area contributed by atoms with Crippen molar-refractivity contribution in [2.45, 2.75) is 132 Å². The topological polar surface area (TPSA) is 123 Å². The summed E-state index contributed by atoms with van der Waals surface area (Å²) < 4.78 is 52.0. The Kier molecular flexibility index (Phi) is 21.0. The lowest BCUT2D eigenvalue weighted by molar-refractivity contribution is -0.137. The third kappa shape index (κ3) is 17.5. The molecule has 4 aromatic carbocycles. The molecule has 2 aliphatic carbocycles. The zero-order chi connectivity index (χ0) is 51.1. The number of benzene rings is 4. The minimum atomic E-state index is -4.68. The van der Waals surface area contributed by atoms with Gasteiger partial charge in [0.25, 0.3) is 0 Å². The summed E-state index contributed by atoms with van der Waals surface area (Å²) in [6, 6.07) is 25.6. The van der Waals surface area contributed by atoms with Crippen molar-refractivity contribution in [1.29, 1.82) is 0 Å². The average Bonchev–Trinajstić information content (AvgIpc) is 3.30. The first-order valence-electron chi connectivity index (χ1n) is 23.7. The number of hydrogen-bond acceptors (Lipinski definition) is 6. The van der Waals surface area contributed by atoms with Crippen LogP contribution in [0.1, 0.15) is 105 Å². The molecule has 17 heteroatoms. The van der Waals surface area contributed by atoms with Crippen LogP contribution in [0, 0.1) is 5.82 Å². The summed E-state index contributed by atoms with van der Waals surface area (Å²) in [5.74, 6) is -2.00. The zero-order valence-electron chi connectivity index (χ0n) is 40.3. The maximum absolute atomic E-state index is 13.5. The molecule has 0 spiro atoms. The molecule has 0 unspecified atom stereocenters. The van der Waals surface area contributed by atoms with E-state index in [1.54, 1.807) is 6.07 Å². The van der Waals surface area contributed by atoms with E-state index in [0.717, 1.165) is 86.9 Å². The van der Waals surface area contributed by atoms with Gasteiger partial charge in [-0.05, 0) is 163 Å². The van der Waals surface area contributed by atoms with Crippen molar-refractivity contribution >= 4 is 58.4 Å². The van der Waals surface area contributed by atoms with Gasteiger partial charge in [-0.15, -0.1) is 0 Å². The lowest BCUT2D eigenvalue weighted by Gasteiger charge is -2.45. The molecule has 6 rings (SSSR count). The molecule has 380 valence electrons. The molecule has 2 aliphatic rings. The number of likely N-dealkylation sites (N-methyl/N-ethyl adjacent to an activating group) is 2. The van der Waals surface area contributed by atoms with Gasteiger partial charge in [0, 0.05) is 77.0 Å². The van der Waals surface area contributed by atoms with Gasteiger partial charge in [0.05, 0.1) is 5.56 Å². The fourth-order valence-electron chi connectivity index (χ4n) is 9.40. The van der Waals surface area contributed by atoms with Crippen molar-refractivity contribution in [2.75, 3.05) is 28.2 Å². The predicted octanol–water partition coefficient (Wildman–Crippen LogP) is 10.5. The maximum Gasteiger partial charge on any atom is 0.416 e. The third-order valence-electron chi connectivity index (χ3n) is 13.7. The van der Waals surface area contributed by atoms with Crippen LogP contribution in [0.3, 0.4) is 0 Å². The second-order valence-corrected chi connectivity index (χ2v) is 20.3. The first-order valence-corrected chi connectivity index (χ1v) is 24.8. The number of carbonyl (C=O) groups is 4. The molecule has 0 aromatic heterocycles. The van der Waals surface area contributed by atoms with Gasteiger partial charge in [-0.3, -0.25) is 19.2 Å². The highest BCUT2D eigenvalue weighted by Crippen LogP contribution is 2.38. The van der Waals surface area contributed by atoms with E-state index in [1.165, 1.54) is 11.1 Å². The molecule has 0 radical (unpaired) electrons. The standard InChI is InChI=1S/C27H32ClF4N3O2.C26H33Cl2N3O2/c1-35(2)26(16-18-4-3-5-21(28)13-18)10-8-23(9-11-26)34-25(37)7-6-24(36)33-17-19-12-20(27(30,31)32)15-22(29)14-19;1-31(2)26(17-19-6-5-8-21(27)16-19)14-12-22(13-15-26)30-25(33)11-10-24(32)29-18-20-7-3-4-9-23(20)28/h3-5,12-15,23H,6-11,16-17H2,1-2H3,(H,33,36)(H,34,37);3-9,16,22H,10-15,17-18H2,1-2H3,(H,29,32)(H,30,33). The Balaban J connectivity index is 0.000000262. The molecule has 10 nitrogen and oxygen atoms in total. The van der Waals surface area contributed by atoms with E-state index < -0.39 is 23.5 Å². The second-order valence-electron chi connectivity index (χ2n) is 19.0. The van der Waals surface area contributed by atoms with Gasteiger partial charge in [0.1, 0.15) is 5.82 Å². The number of rotatable bonds is 18. The Morgan fingerprint density at radius 2 is 1.01 bits per heavy atom. The van der Waals surface area contributed by atoms with Crippen LogP contribution in [0.15, 0.2) is 91.0 Å². The highest BCUT2D eigenvalue weighted by atomic mass is 35.5. The van der Waals surface area contributed by atoms with Gasteiger partial charge in [-0.25, -0.2) is 4.39 Å². The van der Waals surface area contributed by atoms with Crippen molar-refractivity contribution in [3.63, 3.8) is 0 Å². The van der Waals surface area contributed by atoms with Crippen LogP contribution in [-0.2, 0) is 51.3 Å².